The number of anilines is 1. The van der Waals surface area contributed by atoms with E-state index in [1.165, 1.54) is 48.5 Å². The van der Waals surface area contributed by atoms with Crippen LogP contribution in [0.2, 0.25) is 0 Å². The molecule has 1 saturated heterocycles. The Labute approximate surface area is 230 Å². The molecule has 1 heterocycles. The number of amides is 1. The van der Waals surface area contributed by atoms with Gasteiger partial charge in [-0.15, -0.1) is 0 Å². The summed E-state index contributed by atoms with van der Waals surface area (Å²) in [5.41, 5.74) is 3.17. The number of non-ortho nitro benzene ring substituents is 1. The van der Waals surface area contributed by atoms with Crippen LogP contribution in [0.4, 0.5) is 11.4 Å². The minimum atomic E-state index is -0.712. The number of nitro benzene ring substituents is 1. The summed E-state index contributed by atoms with van der Waals surface area (Å²) in [6.45, 7) is 3.75. The maximum atomic E-state index is 12.8. The third-order valence-corrected chi connectivity index (χ3v) is 6.74. The van der Waals surface area contributed by atoms with Crippen molar-refractivity contribution >= 4 is 35.0 Å². The smallest absolute Gasteiger partial charge is 0.343 e. The second kappa shape index (κ2) is 12.3. The first kappa shape index (κ1) is 28.2. The molecule has 1 fully saturated rings. The van der Waals surface area contributed by atoms with Crippen molar-refractivity contribution in [1.82, 2.24) is 0 Å². The van der Waals surface area contributed by atoms with Gasteiger partial charge in [0.15, 0.2) is 12.4 Å². The molecule has 1 aliphatic rings. The summed E-state index contributed by atoms with van der Waals surface area (Å²) in [4.78, 5) is 62.3. The number of para-hydroxylation sites is 1. The first-order valence-corrected chi connectivity index (χ1v) is 12.9. The fraction of sp³-hybridized carbons (Fsp3) is 0.267. The molecule has 1 aliphatic heterocycles. The summed E-state index contributed by atoms with van der Waals surface area (Å²) in [7, 11) is 0. The average Bonchev–Trinajstić information content (AvgIpc) is 3.36. The molecule has 1 amide bonds. The van der Waals surface area contributed by atoms with Crippen LogP contribution in [-0.4, -0.2) is 41.7 Å². The lowest BCUT2D eigenvalue weighted by Gasteiger charge is -2.23. The van der Waals surface area contributed by atoms with E-state index in [4.69, 9.17) is 9.47 Å². The molecular weight excluding hydrogens is 516 g/mol. The predicted molar refractivity (Wildman–Crippen MR) is 145 cm³/mol. The molecule has 3 aromatic carbocycles. The van der Waals surface area contributed by atoms with Crippen LogP contribution in [0, 0.1) is 16.0 Å². The second-order valence-electron chi connectivity index (χ2n) is 9.29. The second-order valence-corrected chi connectivity index (χ2v) is 9.29. The lowest BCUT2D eigenvalue weighted by atomic mass is 10.0. The number of hydrogen-bond donors (Lipinski definition) is 0. The number of hydrogen-bond acceptors (Lipinski definition) is 8. The largest absolute Gasteiger partial charge is 0.457 e. The van der Waals surface area contributed by atoms with Crippen molar-refractivity contribution in [1.29, 1.82) is 0 Å². The highest BCUT2D eigenvalue weighted by atomic mass is 16.6. The Bertz CT molecular complexity index is 1430. The van der Waals surface area contributed by atoms with E-state index in [2.05, 4.69) is 0 Å². The molecule has 0 aromatic heterocycles. The first-order chi connectivity index (χ1) is 19.2. The number of rotatable bonds is 10. The van der Waals surface area contributed by atoms with Gasteiger partial charge in [-0.1, -0.05) is 32.0 Å². The Morgan fingerprint density at radius 2 is 1.52 bits per heavy atom. The van der Waals surface area contributed by atoms with Crippen LogP contribution in [0.1, 0.15) is 52.1 Å². The number of nitro groups is 1. The van der Waals surface area contributed by atoms with Crippen LogP contribution in [0.25, 0.3) is 0 Å². The summed E-state index contributed by atoms with van der Waals surface area (Å²) in [6, 6.07) is 16.6. The molecular formula is C30H28N2O8. The molecule has 40 heavy (non-hydrogen) atoms. The van der Waals surface area contributed by atoms with Crippen LogP contribution in [0.15, 0.2) is 66.7 Å². The van der Waals surface area contributed by atoms with Crippen molar-refractivity contribution in [3.8, 4) is 5.75 Å². The quantitative estimate of drug-likeness (QED) is 0.118. The lowest BCUT2D eigenvalue weighted by molar-refractivity contribution is -0.384. The standard InChI is InChI=1S/C30H28N2O8/c1-3-19-6-5-7-20(4-2)28(19)31-17-23(16-27(31)34)29(35)39-18-26(33)21-10-14-25(15-11-21)40-30(36)22-8-12-24(13-9-22)32(37)38/h5-15,23H,3-4,16-18H2,1-2H3/t23-/m0/s1. The van der Waals surface area contributed by atoms with Gasteiger partial charge in [-0.3, -0.25) is 24.5 Å². The number of ether oxygens (including phenoxy) is 2. The Morgan fingerprint density at radius 3 is 2.10 bits per heavy atom. The van der Waals surface area contributed by atoms with E-state index in [9.17, 15) is 29.3 Å². The van der Waals surface area contributed by atoms with Gasteiger partial charge in [0.05, 0.1) is 16.4 Å². The third-order valence-electron chi connectivity index (χ3n) is 6.74. The Morgan fingerprint density at radius 1 is 0.925 bits per heavy atom. The Kier molecular flexibility index (Phi) is 8.68. The molecule has 0 radical (unpaired) electrons. The van der Waals surface area contributed by atoms with Gasteiger partial charge in [0.25, 0.3) is 5.69 Å². The average molecular weight is 545 g/mol. The summed E-state index contributed by atoms with van der Waals surface area (Å²) in [5.74, 6) is -2.42. The zero-order chi connectivity index (χ0) is 28.8. The Balaban J connectivity index is 1.32. The lowest BCUT2D eigenvalue weighted by Crippen LogP contribution is -2.29. The first-order valence-electron chi connectivity index (χ1n) is 12.9. The molecule has 0 unspecified atom stereocenters. The van der Waals surface area contributed by atoms with Crippen molar-refractivity contribution < 1.29 is 33.6 Å². The highest BCUT2D eigenvalue weighted by Gasteiger charge is 2.37. The molecule has 10 nitrogen and oxygen atoms in total. The highest BCUT2D eigenvalue weighted by Crippen LogP contribution is 2.33. The zero-order valence-electron chi connectivity index (χ0n) is 22.1. The van der Waals surface area contributed by atoms with Crippen LogP contribution in [0.3, 0.4) is 0 Å². The fourth-order valence-electron chi connectivity index (χ4n) is 4.58. The fourth-order valence-corrected chi connectivity index (χ4v) is 4.58. The van der Waals surface area contributed by atoms with Crippen LogP contribution in [0.5, 0.6) is 5.75 Å². The van der Waals surface area contributed by atoms with Crippen molar-refractivity contribution in [3.63, 3.8) is 0 Å². The topological polar surface area (TPSA) is 133 Å². The minimum Gasteiger partial charge on any atom is -0.457 e. The van der Waals surface area contributed by atoms with E-state index < -0.39 is 35.2 Å². The van der Waals surface area contributed by atoms with E-state index in [1.807, 2.05) is 32.0 Å². The minimum absolute atomic E-state index is 0.0169. The normalized spacial score (nSPS) is 14.6. The van der Waals surface area contributed by atoms with Crippen molar-refractivity contribution in [2.45, 2.75) is 33.1 Å². The van der Waals surface area contributed by atoms with E-state index in [0.29, 0.717) is 0 Å². The van der Waals surface area contributed by atoms with Crippen LogP contribution >= 0.6 is 0 Å². The van der Waals surface area contributed by atoms with Gasteiger partial charge < -0.3 is 14.4 Å². The predicted octanol–water partition coefficient (Wildman–Crippen LogP) is 4.72. The summed E-state index contributed by atoms with van der Waals surface area (Å²) >= 11 is 0. The van der Waals surface area contributed by atoms with Gasteiger partial charge in [0.1, 0.15) is 5.75 Å². The van der Waals surface area contributed by atoms with Crippen LogP contribution in [-0.2, 0) is 27.2 Å². The molecule has 206 valence electrons. The molecule has 1 atom stereocenters. The number of carbonyl (C=O) groups is 4. The van der Waals surface area contributed by atoms with Crippen molar-refractivity contribution in [3.05, 3.63) is 99.1 Å². The Hall–Kier alpha value is -4.86. The van der Waals surface area contributed by atoms with E-state index in [-0.39, 0.29) is 41.4 Å². The maximum Gasteiger partial charge on any atom is 0.343 e. The number of nitrogens with zero attached hydrogens (tertiary/aromatic N) is 2. The highest BCUT2D eigenvalue weighted by molar-refractivity contribution is 6.02. The number of carbonyl (C=O) groups excluding carboxylic acids is 4. The van der Waals surface area contributed by atoms with Gasteiger partial charge >= 0.3 is 11.9 Å². The SMILES string of the molecule is CCc1cccc(CC)c1N1C[C@@H](C(=O)OCC(=O)c2ccc(OC(=O)c3ccc([N+](=O)[O-])cc3)cc2)CC1=O. The molecule has 4 rings (SSSR count). The van der Waals surface area contributed by atoms with Crippen molar-refractivity contribution in [2.24, 2.45) is 5.92 Å². The number of benzene rings is 3. The van der Waals surface area contributed by atoms with Gasteiger partial charge in [0, 0.05) is 36.3 Å². The van der Waals surface area contributed by atoms with Gasteiger partial charge in [-0.05, 0) is 60.4 Å². The monoisotopic (exact) mass is 544 g/mol. The van der Waals surface area contributed by atoms with E-state index >= 15 is 0 Å². The van der Waals surface area contributed by atoms with Crippen LogP contribution < -0.4 is 9.64 Å². The molecule has 0 N–H and O–H groups in total. The third kappa shape index (κ3) is 6.23. The zero-order valence-corrected chi connectivity index (χ0v) is 22.1. The number of ketones is 1. The van der Waals surface area contributed by atoms with E-state index in [1.54, 1.807) is 4.90 Å². The molecule has 0 bridgehead atoms. The maximum absolute atomic E-state index is 12.8. The molecule has 0 aliphatic carbocycles. The molecule has 10 heteroatoms. The van der Waals surface area contributed by atoms with Gasteiger partial charge in [0.2, 0.25) is 5.91 Å². The van der Waals surface area contributed by atoms with Gasteiger partial charge in [-0.2, -0.15) is 0 Å². The van der Waals surface area contributed by atoms with Gasteiger partial charge in [-0.25, -0.2) is 4.79 Å². The van der Waals surface area contributed by atoms with Crippen molar-refractivity contribution in [2.75, 3.05) is 18.1 Å². The molecule has 0 spiro atoms. The summed E-state index contributed by atoms with van der Waals surface area (Å²) < 4.78 is 10.5. The number of Topliss-reactive ketones (excluding diaryl/α,β-unsaturated/α-hetero) is 1. The summed E-state index contributed by atoms with van der Waals surface area (Å²) in [6.07, 6.45) is 1.53. The van der Waals surface area contributed by atoms with E-state index in [0.717, 1.165) is 29.7 Å². The number of aryl methyl sites for hydroxylation is 2. The number of esters is 2. The molecule has 0 saturated carbocycles. The summed E-state index contributed by atoms with van der Waals surface area (Å²) in [5, 5.41) is 10.8. The molecule has 3 aromatic rings.